The fourth-order valence-electron chi connectivity index (χ4n) is 4.04. The van der Waals surface area contributed by atoms with Crippen molar-refractivity contribution in [1.29, 1.82) is 0 Å². The summed E-state index contributed by atoms with van der Waals surface area (Å²) in [6, 6.07) is 14.3. The van der Waals surface area contributed by atoms with Gasteiger partial charge in [0.15, 0.2) is 0 Å². The predicted octanol–water partition coefficient (Wildman–Crippen LogP) is 4.76. The molecule has 1 saturated heterocycles. The van der Waals surface area contributed by atoms with Crippen LogP contribution in [0.4, 0.5) is 0 Å². The van der Waals surface area contributed by atoms with E-state index in [1.165, 1.54) is 0 Å². The molecule has 1 N–H and O–H groups in total. The van der Waals surface area contributed by atoms with Gasteiger partial charge in [0, 0.05) is 18.7 Å². The Balaban J connectivity index is 2.11. The maximum absolute atomic E-state index is 13.2. The van der Waals surface area contributed by atoms with Crippen LogP contribution in [0.2, 0.25) is 0 Å². The number of likely N-dealkylation sites (tertiary alicyclic amines) is 1. The average molecular weight is 465 g/mol. The molecule has 0 radical (unpaired) electrons. The molecule has 0 bridgehead atoms. The minimum Gasteiger partial charge on any atom is -0.507 e. The maximum atomic E-state index is 13.2. The number of hydrogen-bond acceptors (Lipinski definition) is 5. The highest BCUT2D eigenvalue weighted by Gasteiger charge is 2.46. The second kappa shape index (κ2) is 10.4. The van der Waals surface area contributed by atoms with Gasteiger partial charge in [-0.3, -0.25) is 9.59 Å². The molecule has 1 atom stereocenters. The molecule has 2 aromatic rings. The molecule has 34 heavy (non-hydrogen) atoms. The van der Waals surface area contributed by atoms with Gasteiger partial charge in [0.05, 0.1) is 18.2 Å². The molecular formula is C28H36N2O4. The summed E-state index contributed by atoms with van der Waals surface area (Å²) in [5.74, 6) is -0.830. The van der Waals surface area contributed by atoms with Gasteiger partial charge in [-0.05, 0) is 49.2 Å². The van der Waals surface area contributed by atoms with E-state index in [1.807, 2.05) is 56.3 Å². The van der Waals surface area contributed by atoms with Crippen molar-refractivity contribution in [3.63, 3.8) is 0 Å². The molecule has 1 fully saturated rings. The van der Waals surface area contributed by atoms with Crippen LogP contribution < -0.4 is 4.74 Å². The Hall–Kier alpha value is -3.12. The monoisotopic (exact) mass is 464 g/mol. The number of ether oxygens (including phenoxy) is 1. The van der Waals surface area contributed by atoms with E-state index in [9.17, 15) is 14.7 Å². The van der Waals surface area contributed by atoms with Crippen molar-refractivity contribution in [3.05, 3.63) is 70.8 Å². The Morgan fingerprint density at radius 1 is 1.09 bits per heavy atom. The van der Waals surface area contributed by atoms with Gasteiger partial charge in [-0.2, -0.15) is 0 Å². The Kier molecular flexibility index (Phi) is 7.82. The Labute approximate surface area is 202 Å². The summed E-state index contributed by atoms with van der Waals surface area (Å²) in [7, 11) is 3.84. The summed E-state index contributed by atoms with van der Waals surface area (Å²) in [6.45, 7) is 9.96. The number of aliphatic hydroxyl groups excluding tert-OH is 1. The summed E-state index contributed by atoms with van der Waals surface area (Å²) in [6.07, 6.45) is 0.859. The van der Waals surface area contributed by atoms with Crippen LogP contribution in [0.5, 0.6) is 5.75 Å². The first-order valence-electron chi connectivity index (χ1n) is 11.8. The van der Waals surface area contributed by atoms with Crippen molar-refractivity contribution in [3.8, 4) is 5.75 Å². The molecule has 6 nitrogen and oxygen atoms in total. The molecule has 3 rings (SSSR count). The molecule has 182 valence electrons. The third-order valence-corrected chi connectivity index (χ3v) is 6.00. The lowest BCUT2D eigenvalue weighted by atomic mass is 9.85. The maximum Gasteiger partial charge on any atom is 0.295 e. The van der Waals surface area contributed by atoms with E-state index in [4.69, 9.17) is 4.74 Å². The zero-order chi connectivity index (χ0) is 25.0. The van der Waals surface area contributed by atoms with Crippen molar-refractivity contribution in [2.45, 2.75) is 45.6 Å². The lowest BCUT2D eigenvalue weighted by Crippen LogP contribution is -2.35. The van der Waals surface area contributed by atoms with Crippen molar-refractivity contribution in [2.24, 2.45) is 0 Å². The Bertz CT molecular complexity index is 1060. The number of amides is 1. The standard InChI is InChI=1S/C28H36N2O4/c1-7-17-34-22-10-8-9-20(18-22)25(31)23-24(19-11-13-21(14-12-19)28(2,3)4)30(16-15-29(5)6)27(33)26(23)32/h8-14,18,24,31H,7,15-17H2,1-6H3/b25-23+. The molecule has 1 aliphatic rings. The van der Waals surface area contributed by atoms with Crippen molar-refractivity contribution in [2.75, 3.05) is 33.8 Å². The quantitative estimate of drug-likeness (QED) is 0.347. The van der Waals surface area contributed by atoms with Gasteiger partial charge in [-0.15, -0.1) is 0 Å². The number of rotatable bonds is 8. The van der Waals surface area contributed by atoms with Crippen LogP contribution in [0.3, 0.4) is 0 Å². The molecule has 2 aromatic carbocycles. The van der Waals surface area contributed by atoms with Crippen LogP contribution in [-0.2, 0) is 15.0 Å². The van der Waals surface area contributed by atoms with Crippen molar-refractivity contribution in [1.82, 2.24) is 9.80 Å². The summed E-state index contributed by atoms with van der Waals surface area (Å²) in [5.41, 5.74) is 2.49. The largest absolute Gasteiger partial charge is 0.507 e. The first-order chi connectivity index (χ1) is 16.0. The number of benzene rings is 2. The van der Waals surface area contributed by atoms with Crippen LogP contribution in [0, 0.1) is 0 Å². The second-order valence-electron chi connectivity index (χ2n) is 10.0. The molecule has 1 amide bonds. The van der Waals surface area contributed by atoms with E-state index >= 15 is 0 Å². The van der Waals surface area contributed by atoms with Gasteiger partial charge >= 0.3 is 0 Å². The third kappa shape index (κ3) is 5.50. The van der Waals surface area contributed by atoms with E-state index in [0.29, 0.717) is 31.0 Å². The molecule has 0 aliphatic carbocycles. The van der Waals surface area contributed by atoms with E-state index in [0.717, 1.165) is 17.5 Å². The Morgan fingerprint density at radius 3 is 2.35 bits per heavy atom. The normalized spacial score (nSPS) is 18.1. The molecule has 1 heterocycles. The highest BCUT2D eigenvalue weighted by molar-refractivity contribution is 6.46. The van der Waals surface area contributed by atoms with Gasteiger partial charge in [-0.25, -0.2) is 0 Å². The smallest absolute Gasteiger partial charge is 0.295 e. The zero-order valence-corrected chi connectivity index (χ0v) is 21.1. The fourth-order valence-corrected chi connectivity index (χ4v) is 4.04. The SMILES string of the molecule is CCCOc1cccc(/C(O)=C2\C(=O)C(=O)N(CCN(C)C)C2c2ccc(C(C)(C)C)cc2)c1. The molecule has 0 spiro atoms. The average Bonchev–Trinajstić information content (AvgIpc) is 3.05. The van der Waals surface area contributed by atoms with E-state index in [2.05, 4.69) is 20.8 Å². The van der Waals surface area contributed by atoms with Crippen LogP contribution in [0.25, 0.3) is 5.76 Å². The number of carbonyl (C=O) groups excluding carboxylic acids is 2. The Morgan fingerprint density at radius 2 is 1.76 bits per heavy atom. The van der Waals surface area contributed by atoms with Gasteiger partial charge in [0.1, 0.15) is 11.5 Å². The summed E-state index contributed by atoms with van der Waals surface area (Å²) < 4.78 is 5.70. The van der Waals surface area contributed by atoms with E-state index in [-0.39, 0.29) is 16.7 Å². The zero-order valence-electron chi connectivity index (χ0n) is 21.1. The third-order valence-electron chi connectivity index (χ3n) is 6.00. The van der Waals surface area contributed by atoms with Crippen LogP contribution >= 0.6 is 0 Å². The molecule has 0 saturated carbocycles. The van der Waals surface area contributed by atoms with Gasteiger partial charge < -0.3 is 19.6 Å². The molecular weight excluding hydrogens is 428 g/mol. The van der Waals surface area contributed by atoms with Crippen LogP contribution in [-0.4, -0.2) is 60.4 Å². The summed E-state index contributed by atoms with van der Waals surface area (Å²) in [4.78, 5) is 29.8. The minimum atomic E-state index is -0.666. The van der Waals surface area contributed by atoms with Crippen LogP contribution in [0.1, 0.15) is 56.8 Å². The van der Waals surface area contributed by atoms with Crippen LogP contribution in [0.15, 0.2) is 54.1 Å². The number of ketones is 1. The number of nitrogens with zero attached hydrogens (tertiary/aromatic N) is 2. The molecule has 0 aromatic heterocycles. The summed E-state index contributed by atoms with van der Waals surface area (Å²) >= 11 is 0. The predicted molar refractivity (Wildman–Crippen MR) is 135 cm³/mol. The van der Waals surface area contributed by atoms with Crippen molar-refractivity contribution < 1.29 is 19.4 Å². The van der Waals surface area contributed by atoms with Crippen molar-refractivity contribution >= 4 is 17.4 Å². The van der Waals surface area contributed by atoms with Gasteiger partial charge in [0.2, 0.25) is 0 Å². The molecule has 1 aliphatic heterocycles. The lowest BCUT2D eigenvalue weighted by Gasteiger charge is -2.27. The topological polar surface area (TPSA) is 70.1 Å². The molecule has 1 unspecified atom stereocenters. The van der Waals surface area contributed by atoms with E-state index < -0.39 is 17.7 Å². The second-order valence-corrected chi connectivity index (χ2v) is 10.0. The highest BCUT2D eigenvalue weighted by atomic mass is 16.5. The van der Waals surface area contributed by atoms with Gasteiger partial charge in [-0.1, -0.05) is 64.1 Å². The number of carbonyl (C=O) groups is 2. The summed E-state index contributed by atoms with van der Waals surface area (Å²) in [5, 5.41) is 11.3. The first kappa shape index (κ1) is 25.5. The number of Topliss-reactive ketones (excluding diaryl/α,β-unsaturated/α-hetero) is 1. The highest BCUT2D eigenvalue weighted by Crippen LogP contribution is 2.40. The lowest BCUT2D eigenvalue weighted by molar-refractivity contribution is -0.140. The van der Waals surface area contributed by atoms with Gasteiger partial charge in [0.25, 0.3) is 11.7 Å². The number of hydrogen-bond donors (Lipinski definition) is 1. The first-order valence-corrected chi connectivity index (χ1v) is 11.8. The fraction of sp³-hybridized carbons (Fsp3) is 0.429. The van der Waals surface area contributed by atoms with E-state index in [1.54, 1.807) is 23.1 Å². The minimum absolute atomic E-state index is 0.0236. The number of likely N-dealkylation sites (N-methyl/N-ethyl adjacent to an activating group) is 1. The molecule has 6 heteroatoms. The number of aliphatic hydroxyl groups is 1.